The highest BCUT2D eigenvalue weighted by molar-refractivity contribution is 7.99. The van der Waals surface area contributed by atoms with Crippen LogP contribution in [0.5, 0.6) is 5.75 Å². The summed E-state index contributed by atoms with van der Waals surface area (Å²) in [6.45, 7) is 1.70. The molecule has 1 heterocycles. The van der Waals surface area contributed by atoms with Crippen LogP contribution in [0.2, 0.25) is 0 Å². The smallest absolute Gasteiger partial charge is 0.228 e. The molecule has 1 unspecified atom stereocenters. The van der Waals surface area contributed by atoms with Gasteiger partial charge in [-0.3, -0.25) is 4.79 Å². The average Bonchev–Trinajstić information content (AvgIpc) is 3.12. The quantitative estimate of drug-likeness (QED) is 0.846. The molecule has 0 spiro atoms. The van der Waals surface area contributed by atoms with Gasteiger partial charge in [0.2, 0.25) is 5.91 Å². The molecule has 2 N–H and O–H groups in total. The molecule has 1 saturated heterocycles. The van der Waals surface area contributed by atoms with Crippen LogP contribution in [-0.4, -0.2) is 26.1 Å². The summed E-state index contributed by atoms with van der Waals surface area (Å²) >= 11 is 1.68. The minimum atomic E-state index is 0. The van der Waals surface area contributed by atoms with Gasteiger partial charge in [-0.1, -0.05) is 11.8 Å². The van der Waals surface area contributed by atoms with Crippen LogP contribution >= 0.6 is 24.2 Å². The number of benzene rings is 2. The summed E-state index contributed by atoms with van der Waals surface area (Å²) in [5.41, 5.74) is 0.848. The molecule has 2 aromatic rings. The molecule has 1 fully saturated rings. The third-order valence-corrected chi connectivity index (χ3v) is 4.86. The number of methoxy groups -OCH3 is 1. The summed E-state index contributed by atoms with van der Waals surface area (Å²) in [6, 6.07) is 15.9. The molecule has 0 radical (unpaired) electrons. The molecule has 128 valence electrons. The number of halogens is 1. The zero-order chi connectivity index (χ0) is 16.1. The molecule has 0 bridgehead atoms. The van der Waals surface area contributed by atoms with Gasteiger partial charge >= 0.3 is 0 Å². The fourth-order valence-electron chi connectivity index (χ4n) is 2.51. The summed E-state index contributed by atoms with van der Waals surface area (Å²) in [4.78, 5) is 14.4. The van der Waals surface area contributed by atoms with Crippen LogP contribution in [0, 0.1) is 5.92 Å². The van der Waals surface area contributed by atoms with Crippen LogP contribution in [0.25, 0.3) is 0 Å². The van der Waals surface area contributed by atoms with Crippen molar-refractivity contribution in [1.29, 1.82) is 0 Å². The van der Waals surface area contributed by atoms with Gasteiger partial charge in [0.1, 0.15) is 5.75 Å². The van der Waals surface area contributed by atoms with Gasteiger partial charge in [-0.25, -0.2) is 0 Å². The minimum absolute atomic E-state index is 0. The van der Waals surface area contributed by atoms with Crippen LogP contribution < -0.4 is 15.4 Å². The van der Waals surface area contributed by atoms with E-state index < -0.39 is 0 Å². The number of rotatable bonds is 5. The highest BCUT2D eigenvalue weighted by atomic mass is 35.5. The first-order valence-corrected chi connectivity index (χ1v) is 8.50. The molecule has 4 nitrogen and oxygen atoms in total. The van der Waals surface area contributed by atoms with Gasteiger partial charge in [0.25, 0.3) is 0 Å². The molecule has 2 aromatic carbocycles. The van der Waals surface area contributed by atoms with Crippen molar-refractivity contribution in [3.63, 3.8) is 0 Å². The lowest BCUT2D eigenvalue weighted by atomic mass is 10.1. The van der Waals surface area contributed by atoms with Gasteiger partial charge in [0, 0.05) is 22.0 Å². The Labute approximate surface area is 152 Å². The second-order valence-electron chi connectivity index (χ2n) is 5.48. The number of ether oxygens (including phenoxy) is 1. The maximum absolute atomic E-state index is 12.1. The Kier molecular flexibility index (Phi) is 6.97. The molecular weight excluding hydrogens is 344 g/mol. The molecule has 0 aromatic heterocycles. The van der Waals surface area contributed by atoms with Gasteiger partial charge < -0.3 is 15.4 Å². The Morgan fingerprint density at radius 3 is 2.29 bits per heavy atom. The van der Waals surface area contributed by atoms with E-state index in [1.165, 1.54) is 0 Å². The second-order valence-corrected chi connectivity index (χ2v) is 6.63. The normalized spacial score (nSPS) is 16.3. The van der Waals surface area contributed by atoms with E-state index in [2.05, 4.69) is 10.6 Å². The summed E-state index contributed by atoms with van der Waals surface area (Å²) < 4.78 is 5.16. The second kappa shape index (κ2) is 8.97. The molecule has 0 saturated carbocycles. The minimum Gasteiger partial charge on any atom is -0.497 e. The van der Waals surface area contributed by atoms with E-state index in [1.807, 2.05) is 48.5 Å². The predicted molar refractivity (Wildman–Crippen MR) is 100 cm³/mol. The van der Waals surface area contributed by atoms with Crippen LogP contribution in [-0.2, 0) is 4.79 Å². The Bertz CT molecular complexity index is 656. The van der Waals surface area contributed by atoms with Gasteiger partial charge in [0.05, 0.1) is 13.0 Å². The molecule has 1 amide bonds. The van der Waals surface area contributed by atoms with Crippen LogP contribution in [0.1, 0.15) is 6.42 Å². The Morgan fingerprint density at radius 1 is 1.12 bits per heavy atom. The van der Waals surface area contributed by atoms with Gasteiger partial charge in [-0.2, -0.15) is 0 Å². The van der Waals surface area contributed by atoms with Crippen molar-refractivity contribution in [2.75, 3.05) is 25.5 Å². The number of carbonyl (C=O) groups is 1. The van der Waals surface area contributed by atoms with E-state index in [1.54, 1.807) is 18.9 Å². The van der Waals surface area contributed by atoms with E-state index in [0.717, 1.165) is 40.7 Å². The van der Waals surface area contributed by atoms with E-state index in [4.69, 9.17) is 4.74 Å². The predicted octanol–water partition coefficient (Wildman–Crippen LogP) is 3.82. The molecule has 6 heteroatoms. The summed E-state index contributed by atoms with van der Waals surface area (Å²) in [7, 11) is 1.66. The maximum atomic E-state index is 12.1. The Balaban J connectivity index is 0.00000208. The first-order valence-electron chi connectivity index (χ1n) is 7.68. The molecule has 1 aliphatic rings. The van der Waals surface area contributed by atoms with Crippen molar-refractivity contribution in [1.82, 2.24) is 5.32 Å². The Hall–Kier alpha value is -1.69. The number of amides is 1. The van der Waals surface area contributed by atoms with Crippen LogP contribution in [0.4, 0.5) is 5.69 Å². The largest absolute Gasteiger partial charge is 0.497 e. The molecule has 1 atom stereocenters. The maximum Gasteiger partial charge on any atom is 0.228 e. The van der Waals surface area contributed by atoms with Crippen molar-refractivity contribution < 1.29 is 9.53 Å². The van der Waals surface area contributed by atoms with E-state index in [-0.39, 0.29) is 24.2 Å². The Morgan fingerprint density at radius 2 is 1.75 bits per heavy atom. The van der Waals surface area contributed by atoms with Crippen LogP contribution in [0.3, 0.4) is 0 Å². The molecule has 24 heavy (non-hydrogen) atoms. The lowest BCUT2D eigenvalue weighted by molar-refractivity contribution is -0.119. The first kappa shape index (κ1) is 18.6. The lowest BCUT2D eigenvalue weighted by Gasteiger charge is -2.10. The van der Waals surface area contributed by atoms with E-state index in [9.17, 15) is 4.79 Å². The molecule has 3 rings (SSSR count). The number of hydrogen-bond acceptors (Lipinski definition) is 4. The van der Waals surface area contributed by atoms with Gasteiger partial charge in [-0.05, 0) is 61.5 Å². The summed E-state index contributed by atoms with van der Waals surface area (Å²) in [5.74, 6) is 1.04. The van der Waals surface area contributed by atoms with Crippen molar-refractivity contribution >= 4 is 35.8 Å². The number of nitrogens with one attached hydrogen (secondary N) is 2. The molecule has 1 aliphatic heterocycles. The third kappa shape index (κ3) is 4.90. The van der Waals surface area contributed by atoms with Crippen molar-refractivity contribution in [2.24, 2.45) is 5.92 Å². The van der Waals surface area contributed by atoms with Gasteiger partial charge in [0.15, 0.2) is 0 Å². The highest BCUT2D eigenvalue weighted by Crippen LogP contribution is 2.29. The fraction of sp³-hybridized carbons (Fsp3) is 0.278. The summed E-state index contributed by atoms with van der Waals surface area (Å²) in [6.07, 6.45) is 0.914. The summed E-state index contributed by atoms with van der Waals surface area (Å²) in [5, 5.41) is 6.20. The number of hydrogen-bond donors (Lipinski definition) is 2. The van der Waals surface area contributed by atoms with E-state index in [0.29, 0.717) is 0 Å². The monoisotopic (exact) mass is 364 g/mol. The molecule has 0 aliphatic carbocycles. The fourth-order valence-corrected chi connectivity index (χ4v) is 3.33. The molecular formula is C18H21ClN2O2S. The first-order chi connectivity index (χ1) is 11.2. The number of anilines is 1. The standard InChI is InChI=1S/C18H20N2O2S.ClH/c1-22-15-4-8-17(9-5-15)23-16-6-2-14(3-7-16)20-18(21)13-10-11-19-12-13;/h2-9,13,19H,10-12H2,1H3,(H,20,21);1H. The van der Waals surface area contributed by atoms with Gasteiger partial charge in [-0.15, -0.1) is 12.4 Å². The topological polar surface area (TPSA) is 50.4 Å². The SMILES string of the molecule is COc1ccc(Sc2ccc(NC(=O)C3CCNC3)cc2)cc1.Cl. The van der Waals surface area contributed by atoms with Crippen molar-refractivity contribution in [2.45, 2.75) is 16.2 Å². The zero-order valence-electron chi connectivity index (χ0n) is 13.5. The lowest BCUT2D eigenvalue weighted by Crippen LogP contribution is -2.24. The average molecular weight is 365 g/mol. The third-order valence-electron chi connectivity index (χ3n) is 3.85. The van der Waals surface area contributed by atoms with Crippen LogP contribution in [0.15, 0.2) is 58.3 Å². The zero-order valence-corrected chi connectivity index (χ0v) is 15.1. The number of carbonyl (C=O) groups excluding carboxylic acids is 1. The van der Waals surface area contributed by atoms with Crippen molar-refractivity contribution in [3.05, 3.63) is 48.5 Å². The highest BCUT2D eigenvalue weighted by Gasteiger charge is 2.22. The van der Waals surface area contributed by atoms with Crippen molar-refractivity contribution in [3.8, 4) is 5.75 Å². The van der Waals surface area contributed by atoms with E-state index >= 15 is 0 Å².